The molecule has 0 amide bonds. The standard InChI is InChI=1S/C18H33NO2/c1-13(2)6-4-7-14(3)15-9-10-16-17(20)8-5-11-18(15,16)12-19-21/h12-17,20-21H,4-11H2,1-3H3/b19-12+/t14-,15-,16+,17+,18+/m1/s1. The van der Waals surface area contributed by atoms with Crippen LogP contribution in [0, 0.1) is 29.1 Å². The minimum atomic E-state index is -0.204. The lowest BCUT2D eigenvalue weighted by Gasteiger charge is -2.44. The van der Waals surface area contributed by atoms with Crippen LogP contribution in [-0.2, 0) is 0 Å². The lowest BCUT2D eigenvalue weighted by atomic mass is 9.61. The van der Waals surface area contributed by atoms with Gasteiger partial charge in [0.2, 0.25) is 0 Å². The summed E-state index contributed by atoms with van der Waals surface area (Å²) in [5.74, 6) is 2.30. The molecule has 2 fully saturated rings. The largest absolute Gasteiger partial charge is 0.411 e. The van der Waals surface area contributed by atoms with Crippen molar-refractivity contribution in [1.82, 2.24) is 0 Å². The first-order valence-electron chi connectivity index (χ1n) is 8.88. The molecule has 3 nitrogen and oxygen atoms in total. The Morgan fingerprint density at radius 2 is 1.95 bits per heavy atom. The fourth-order valence-electron chi connectivity index (χ4n) is 5.14. The van der Waals surface area contributed by atoms with Crippen LogP contribution in [-0.4, -0.2) is 22.6 Å². The van der Waals surface area contributed by atoms with Gasteiger partial charge in [-0.2, -0.15) is 0 Å². The average Bonchev–Trinajstić information content (AvgIpc) is 2.79. The zero-order valence-corrected chi connectivity index (χ0v) is 14.0. The van der Waals surface area contributed by atoms with E-state index in [0.29, 0.717) is 17.8 Å². The molecule has 0 spiro atoms. The number of nitrogens with zero attached hydrogens (tertiary/aromatic N) is 1. The van der Waals surface area contributed by atoms with E-state index in [9.17, 15) is 10.3 Å². The second kappa shape index (κ2) is 7.13. The highest BCUT2D eigenvalue weighted by Gasteiger charge is 2.54. The van der Waals surface area contributed by atoms with Gasteiger partial charge in [-0.25, -0.2) is 0 Å². The highest BCUT2D eigenvalue weighted by molar-refractivity contribution is 5.67. The summed E-state index contributed by atoms with van der Waals surface area (Å²) in [6, 6.07) is 0. The van der Waals surface area contributed by atoms with Gasteiger partial charge in [0.25, 0.3) is 0 Å². The minimum Gasteiger partial charge on any atom is -0.411 e. The lowest BCUT2D eigenvalue weighted by Crippen LogP contribution is -2.44. The third-order valence-electron chi connectivity index (χ3n) is 6.17. The molecule has 21 heavy (non-hydrogen) atoms. The molecule has 0 bridgehead atoms. The van der Waals surface area contributed by atoms with E-state index in [1.807, 2.05) is 0 Å². The summed E-state index contributed by atoms with van der Waals surface area (Å²) < 4.78 is 0. The Bertz CT molecular complexity index is 355. The SMILES string of the molecule is CC(C)CCC[C@@H](C)[C@H]1CC[C@H]2[C@@H](O)CCC[C@]12/C=N/O. The summed E-state index contributed by atoms with van der Waals surface area (Å²) in [4.78, 5) is 0. The maximum atomic E-state index is 10.4. The van der Waals surface area contributed by atoms with Crippen molar-refractivity contribution >= 4 is 6.21 Å². The van der Waals surface area contributed by atoms with Crippen molar-refractivity contribution < 1.29 is 10.3 Å². The van der Waals surface area contributed by atoms with Crippen molar-refractivity contribution in [3.05, 3.63) is 0 Å². The number of aliphatic hydroxyl groups is 1. The predicted molar refractivity (Wildman–Crippen MR) is 86.6 cm³/mol. The van der Waals surface area contributed by atoms with Gasteiger partial charge in [0.15, 0.2) is 0 Å². The molecule has 0 unspecified atom stereocenters. The Kier molecular flexibility index (Phi) is 5.70. The first-order chi connectivity index (χ1) is 10.0. The van der Waals surface area contributed by atoms with Crippen molar-refractivity contribution in [2.24, 2.45) is 34.2 Å². The van der Waals surface area contributed by atoms with E-state index in [-0.39, 0.29) is 11.5 Å². The highest BCUT2D eigenvalue weighted by atomic mass is 16.4. The van der Waals surface area contributed by atoms with Crippen LogP contribution in [0.2, 0.25) is 0 Å². The van der Waals surface area contributed by atoms with E-state index in [4.69, 9.17) is 0 Å². The molecule has 0 saturated heterocycles. The molecule has 122 valence electrons. The molecule has 3 heteroatoms. The molecule has 2 saturated carbocycles. The third kappa shape index (κ3) is 3.44. The van der Waals surface area contributed by atoms with Gasteiger partial charge in [-0.1, -0.05) is 40.0 Å². The molecule has 0 aromatic heterocycles. The average molecular weight is 295 g/mol. The number of hydrogen-bond donors (Lipinski definition) is 2. The molecular formula is C18H33NO2. The molecular weight excluding hydrogens is 262 g/mol. The van der Waals surface area contributed by atoms with E-state index in [1.54, 1.807) is 6.21 Å². The van der Waals surface area contributed by atoms with Gasteiger partial charge in [0, 0.05) is 5.41 Å². The minimum absolute atomic E-state index is 0.0519. The lowest BCUT2D eigenvalue weighted by molar-refractivity contribution is 0.00266. The van der Waals surface area contributed by atoms with Crippen LogP contribution >= 0.6 is 0 Å². The summed E-state index contributed by atoms with van der Waals surface area (Å²) in [6.07, 6.45) is 10.7. The van der Waals surface area contributed by atoms with Gasteiger partial charge < -0.3 is 10.3 Å². The van der Waals surface area contributed by atoms with E-state index >= 15 is 0 Å². The van der Waals surface area contributed by atoms with Crippen molar-refractivity contribution in [2.45, 2.75) is 78.2 Å². The summed E-state index contributed by atoms with van der Waals surface area (Å²) in [7, 11) is 0. The predicted octanol–water partition coefficient (Wildman–Crippen LogP) is 4.47. The van der Waals surface area contributed by atoms with Gasteiger partial charge >= 0.3 is 0 Å². The van der Waals surface area contributed by atoms with Gasteiger partial charge in [-0.05, 0) is 55.8 Å². The number of rotatable bonds is 6. The smallest absolute Gasteiger partial charge is 0.0577 e. The Balaban J connectivity index is 2.07. The van der Waals surface area contributed by atoms with Crippen LogP contribution in [0.5, 0.6) is 0 Å². The first-order valence-corrected chi connectivity index (χ1v) is 8.88. The summed E-state index contributed by atoms with van der Waals surface area (Å²) in [5.41, 5.74) is -0.0519. The molecule has 2 N–H and O–H groups in total. The molecule has 0 radical (unpaired) electrons. The Labute approximate surface area is 129 Å². The molecule has 2 aliphatic rings. The summed E-state index contributed by atoms with van der Waals surface area (Å²) >= 11 is 0. The van der Waals surface area contributed by atoms with Gasteiger partial charge in [-0.15, -0.1) is 5.16 Å². The topological polar surface area (TPSA) is 52.8 Å². The summed E-state index contributed by atoms with van der Waals surface area (Å²) in [6.45, 7) is 6.93. The summed E-state index contributed by atoms with van der Waals surface area (Å²) in [5, 5.41) is 23.0. The molecule has 2 rings (SSSR count). The molecule has 5 atom stereocenters. The second-order valence-electron chi connectivity index (χ2n) is 7.91. The van der Waals surface area contributed by atoms with E-state index < -0.39 is 0 Å². The zero-order valence-electron chi connectivity index (χ0n) is 14.0. The van der Waals surface area contributed by atoms with Crippen LogP contribution < -0.4 is 0 Å². The molecule has 2 aliphatic carbocycles. The van der Waals surface area contributed by atoms with E-state index in [1.165, 1.54) is 25.7 Å². The normalized spacial score (nSPS) is 38.0. The van der Waals surface area contributed by atoms with Crippen molar-refractivity contribution in [2.75, 3.05) is 0 Å². The number of aliphatic hydroxyl groups excluding tert-OH is 1. The molecule has 0 heterocycles. The zero-order chi connectivity index (χ0) is 15.5. The Morgan fingerprint density at radius 1 is 1.19 bits per heavy atom. The molecule has 0 aromatic rings. The number of hydrogen-bond acceptors (Lipinski definition) is 3. The monoisotopic (exact) mass is 295 g/mol. The van der Waals surface area contributed by atoms with Crippen LogP contribution in [0.15, 0.2) is 5.16 Å². The number of oxime groups is 1. The van der Waals surface area contributed by atoms with Crippen molar-refractivity contribution in [3.63, 3.8) is 0 Å². The van der Waals surface area contributed by atoms with E-state index in [2.05, 4.69) is 25.9 Å². The maximum absolute atomic E-state index is 10.4. The molecule has 0 aliphatic heterocycles. The Morgan fingerprint density at radius 3 is 2.62 bits per heavy atom. The van der Waals surface area contributed by atoms with Crippen LogP contribution in [0.3, 0.4) is 0 Å². The molecule has 0 aromatic carbocycles. The van der Waals surface area contributed by atoms with Crippen molar-refractivity contribution in [3.8, 4) is 0 Å². The highest BCUT2D eigenvalue weighted by Crippen LogP contribution is 2.57. The fraction of sp³-hybridized carbons (Fsp3) is 0.944. The second-order valence-corrected chi connectivity index (χ2v) is 7.91. The van der Waals surface area contributed by atoms with Gasteiger partial charge in [0.1, 0.15) is 0 Å². The van der Waals surface area contributed by atoms with Crippen LogP contribution in [0.25, 0.3) is 0 Å². The third-order valence-corrected chi connectivity index (χ3v) is 6.17. The van der Waals surface area contributed by atoms with Crippen LogP contribution in [0.4, 0.5) is 0 Å². The maximum Gasteiger partial charge on any atom is 0.0577 e. The van der Waals surface area contributed by atoms with Gasteiger partial charge in [0.05, 0.1) is 12.3 Å². The van der Waals surface area contributed by atoms with Gasteiger partial charge in [-0.3, -0.25) is 0 Å². The quantitative estimate of drug-likeness (QED) is 0.431. The first kappa shape index (κ1) is 16.8. The van der Waals surface area contributed by atoms with Crippen molar-refractivity contribution in [1.29, 1.82) is 0 Å². The number of fused-ring (bicyclic) bond motifs is 1. The Hall–Kier alpha value is -0.570. The van der Waals surface area contributed by atoms with Crippen LogP contribution in [0.1, 0.15) is 72.1 Å². The fourth-order valence-corrected chi connectivity index (χ4v) is 5.14. The van der Waals surface area contributed by atoms with E-state index in [0.717, 1.165) is 31.6 Å².